The van der Waals surface area contributed by atoms with E-state index in [1.165, 1.54) is 0 Å². The molecule has 2 nitrogen and oxygen atoms in total. The predicted octanol–water partition coefficient (Wildman–Crippen LogP) is 3.25. The minimum absolute atomic E-state index is 0.291. The molecule has 1 heterocycles. The Morgan fingerprint density at radius 1 is 1.06 bits per heavy atom. The molecule has 0 amide bonds. The Labute approximate surface area is 111 Å². The fourth-order valence-corrected chi connectivity index (χ4v) is 2.79. The largest absolute Gasteiger partial charge is 0.506 e. The van der Waals surface area contributed by atoms with Crippen molar-refractivity contribution in [3.05, 3.63) is 57.2 Å². The number of aromatic hydroxyl groups is 1. The van der Waals surface area contributed by atoms with Gasteiger partial charge in [0, 0.05) is 16.6 Å². The van der Waals surface area contributed by atoms with Crippen molar-refractivity contribution >= 4 is 31.9 Å². The van der Waals surface area contributed by atoms with Crippen LogP contribution < -0.4 is 4.57 Å². The van der Waals surface area contributed by atoms with E-state index in [2.05, 4.69) is 31.9 Å². The number of phenolic OH excluding ortho intramolecular Hbond substituents is 1. The van der Waals surface area contributed by atoms with E-state index in [0.29, 0.717) is 16.8 Å². The van der Waals surface area contributed by atoms with Crippen LogP contribution in [0.3, 0.4) is 0 Å². The van der Waals surface area contributed by atoms with E-state index in [0.717, 1.165) is 10.0 Å². The molecule has 1 aromatic heterocycles. The van der Waals surface area contributed by atoms with Gasteiger partial charge >= 0.3 is 0 Å². The Morgan fingerprint density at radius 3 is 2.44 bits per heavy atom. The normalized spacial score (nSPS) is 10.4. The zero-order valence-electron chi connectivity index (χ0n) is 8.40. The standard InChI is InChI=1S/C12H9Br2NO/c13-10-6-9(12(16)11(14)7-10)8-15-4-2-1-3-5-15/h1-7H,8H2/p+1. The lowest BCUT2D eigenvalue weighted by Crippen LogP contribution is -2.32. The molecule has 82 valence electrons. The maximum absolute atomic E-state index is 9.90. The molecule has 0 fully saturated rings. The quantitative estimate of drug-likeness (QED) is 0.831. The van der Waals surface area contributed by atoms with Crippen LogP contribution in [0, 0.1) is 0 Å². The number of hydrogen-bond acceptors (Lipinski definition) is 1. The number of halogens is 2. The van der Waals surface area contributed by atoms with Gasteiger partial charge in [-0.1, -0.05) is 22.0 Å². The highest BCUT2D eigenvalue weighted by Crippen LogP contribution is 2.31. The van der Waals surface area contributed by atoms with Gasteiger partial charge in [0.25, 0.3) is 0 Å². The summed E-state index contributed by atoms with van der Waals surface area (Å²) in [6.45, 7) is 0.644. The summed E-state index contributed by atoms with van der Waals surface area (Å²) < 4.78 is 3.66. The Bertz CT molecular complexity index is 500. The van der Waals surface area contributed by atoms with Crippen molar-refractivity contribution < 1.29 is 9.67 Å². The van der Waals surface area contributed by atoms with Gasteiger partial charge in [0.15, 0.2) is 18.9 Å². The zero-order valence-corrected chi connectivity index (χ0v) is 11.6. The smallest absolute Gasteiger partial charge is 0.177 e. The molecular weight excluding hydrogens is 334 g/mol. The molecule has 0 atom stereocenters. The summed E-state index contributed by atoms with van der Waals surface area (Å²) in [6.07, 6.45) is 3.93. The number of phenols is 1. The lowest BCUT2D eigenvalue weighted by molar-refractivity contribution is -0.688. The zero-order chi connectivity index (χ0) is 11.5. The molecule has 0 unspecified atom stereocenters. The minimum atomic E-state index is 0.291. The number of nitrogens with zero attached hydrogens (tertiary/aromatic N) is 1. The first-order chi connectivity index (χ1) is 7.66. The lowest BCUT2D eigenvalue weighted by atomic mass is 10.2. The van der Waals surface area contributed by atoms with Crippen LogP contribution in [0.25, 0.3) is 0 Å². The molecule has 1 N–H and O–H groups in total. The van der Waals surface area contributed by atoms with Crippen LogP contribution in [-0.4, -0.2) is 5.11 Å². The second-order valence-electron chi connectivity index (χ2n) is 3.44. The fraction of sp³-hybridized carbons (Fsp3) is 0.0833. The van der Waals surface area contributed by atoms with Crippen LogP contribution in [-0.2, 0) is 6.54 Å². The molecule has 0 saturated carbocycles. The first-order valence-electron chi connectivity index (χ1n) is 4.78. The van der Waals surface area contributed by atoms with Crippen LogP contribution in [0.2, 0.25) is 0 Å². The van der Waals surface area contributed by atoms with Gasteiger partial charge < -0.3 is 5.11 Å². The Morgan fingerprint density at radius 2 is 1.75 bits per heavy atom. The van der Waals surface area contributed by atoms with Gasteiger partial charge in [0.2, 0.25) is 0 Å². The Kier molecular flexibility index (Phi) is 3.61. The van der Waals surface area contributed by atoms with Crippen molar-refractivity contribution in [3.8, 4) is 5.75 Å². The number of benzene rings is 1. The highest BCUT2D eigenvalue weighted by molar-refractivity contribution is 9.11. The molecule has 0 bridgehead atoms. The molecule has 0 radical (unpaired) electrons. The summed E-state index contributed by atoms with van der Waals surface area (Å²) in [4.78, 5) is 0. The van der Waals surface area contributed by atoms with Crippen molar-refractivity contribution in [2.24, 2.45) is 0 Å². The van der Waals surface area contributed by atoms with Crippen LogP contribution in [0.15, 0.2) is 51.7 Å². The van der Waals surface area contributed by atoms with Crippen molar-refractivity contribution in [2.75, 3.05) is 0 Å². The monoisotopic (exact) mass is 342 g/mol. The third-order valence-corrected chi connectivity index (χ3v) is 3.30. The molecule has 0 saturated heterocycles. The summed E-state index contributed by atoms with van der Waals surface area (Å²) in [5.74, 6) is 0.291. The molecule has 0 aliphatic rings. The molecular formula is C12H10Br2NO+. The van der Waals surface area contributed by atoms with E-state index in [4.69, 9.17) is 0 Å². The summed E-state index contributed by atoms with van der Waals surface area (Å²) in [5, 5.41) is 9.90. The molecule has 0 aliphatic heterocycles. The summed E-state index contributed by atoms with van der Waals surface area (Å²) in [7, 11) is 0. The average Bonchev–Trinajstić information content (AvgIpc) is 2.27. The molecule has 2 aromatic rings. The summed E-state index contributed by atoms with van der Waals surface area (Å²) >= 11 is 6.73. The van der Waals surface area contributed by atoms with Gasteiger partial charge in [-0.3, -0.25) is 0 Å². The summed E-state index contributed by atoms with van der Waals surface area (Å²) in [6, 6.07) is 9.63. The molecule has 16 heavy (non-hydrogen) atoms. The fourth-order valence-electron chi connectivity index (χ4n) is 1.48. The van der Waals surface area contributed by atoms with Crippen LogP contribution in [0.1, 0.15) is 5.56 Å². The maximum atomic E-state index is 9.90. The number of pyridine rings is 1. The van der Waals surface area contributed by atoms with Gasteiger partial charge in [0.05, 0.1) is 10.0 Å². The van der Waals surface area contributed by atoms with Crippen molar-refractivity contribution in [3.63, 3.8) is 0 Å². The first kappa shape index (κ1) is 11.6. The van der Waals surface area contributed by atoms with Crippen molar-refractivity contribution in [2.45, 2.75) is 6.54 Å². The minimum Gasteiger partial charge on any atom is -0.506 e. The van der Waals surface area contributed by atoms with E-state index < -0.39 is 0 Å². The molecule has 4 heteroatoms. The number of aromatic nitrogens is 1. The Balaban J connectivity index is 2.35. The maximum Gasteiger partial charge on any atom is 0.177 e. The van der Waals surface area contributed by atoms with E-state index in [1.54, 1.807) is 0 Å². The second-order valence-corrected chi connectivity index (χ2v) is 5.21. The van der Waals surface area contributed by atoms with Crippen LogP contribution in [0.4, 0.5) is 0 Å². The SMILES string of the molecule is Oc1c(Br)cc(Br)cc1C[n+]1ccccc1. The van der Waals surface area contributed by atoms with Crippen LogP contribution in [0.5, 0.6) is 5.75 Å². The van der Waals surface area contributed by atoms with E-state index in [1.807, 2.05) is 47.3 Å². The number of hydrogen-bond donors (Lipinski definition) is 1. The topological polar surface area (TPSA) is 24.1 Å². The predicted molar refractivity (Wildman–Crippen MR) is 69.2 cm³/mol. The van der Waals surface area contributed by atoms with Crippen molar-refractivity contribution in [1.29, 1.82) is 0 Å². The van der Waals surface area contributed by atoms with Gasteiger partial charge in [-0.15, -0.1) is 0 Å². The van der Waals surface area contributed by atoms with Crippen molar-refractivity contribution in [1.82, 2.24) is 0 Å². The van der Waals surface area contributed by atoms with Crippen LogP contribution >= 0.6 is 31.9 Å². The Hall–Kier alpha value is -0.870. The molecule has 2 rings (SSSR count). The van der Waals surface area contributed by atoms with Gasteiger partial charge in [0.1, 0.15) is 5.75 Å². The third kappa shape index (κ3) is 2.62. The highest BCUT2D eigenvalue weighted by Gasteiger charge is 2.11. The summed E-state index contributed by atoms with van der Waals surface area (Å²) in [5.41, 5.74) is 0.873. The van der Waals surface area contributed by atoms with E-state index in [-0.39, 0.29) is 0 Å². The first-order valence-corrected chi connectivity index (χ1v) is 6.36. The average molecular weight is 344 g/mol. The van der Waals surface area contributed by atoms with E-state index in [9.17, 15) is 5.11 Å². The lowest BCUT2D eigenvalue weighted by Gasteiger charge is -2.04. The molecule has 1 aromatic carbocycles. The molecule has 0 spiro atoms. The second kappa shape index (κ2) is 4.97. The van der Waals surface area contributed by atoms with E-state index >= 15 is 0 Å². The highest BCUT2D eigenvalue weighted by atomic mass is 79.9. The third-order valence-electron chi connectivity index (χ3n) is 2.24. The van der Waals surface area contributed by atoms with Gasteiger partial charge in [-0.05, 0) is 28.1 Å². The number of rotatable bonds is 2. The molecule has 0 aliphatic carbocycles. The van der Waals surface area contributed by atoms with Gasteiger partial charge in [-0.25, -0.2) is 4.57 Å². The van der Waals surface area contributed by atoms with Gasteiger partial charge in [-0.2, -0.15) is 0 Å².